The van der Waals surface area contributed by atoms with Gasteiger partial charge in [-0.25, -0.2) is 0 Å². The molecule has 1 heterocycles. The third kappa shape index (κ3) is 7.25. The van der Waals surface area contributed by atoms with Crippen LogP contribution in [0, 0.1) is 5.92 Å². The van der Waals surface area contributed by atoms with E-state index in [1.165, 1.54) is 25.5 Å². The number of hydrazone groups is 1. The van der Waals surface area contributed by atoms with Crippen molar-refractivity contribution in [1.29, 1.82) is 0 Å². The average Bonchev–Trinajstić information content (AvgIpc) is 3.17. The minimum Gasteiger partial charge on any atom is -0.381 e. The van der Waals surface area contributed by atoms with Crippen molar-refractivity contribution in [2.45, 2.75) is 50.7 Å². The maximum atomic E-state index is 13.3. The molecule has 1 atom stereocenters. The van der Waals surface area contributed by atoms with E-state index >= 15 is 0 Å². The van der Waals surface area contributed by atoms with Crippen LogP contribution in [0.2, 0.25) is 0 Å². The van der Waals surface area contributed by atoms with E-state index in [2.05, 4.69) is 32.6 Å². The maximum absolute atomic E-state index is 13.3. The second-order valence-electron chi connectivity index (χ2n) is 6.73. The normalized spacial score (nSPS) is 17.5. The Kier molecular flexibility index (Phi) is 8.84. The van der Waals surface area contributed by atoms with Crippen molar-refractivity contribution < 1.29 is 13.2 Å². The predicted molar refractivity (Wildman–Crippen MR) is 106 cm³/mol. The first kappa shape index (κ1) is 21.8. The third-order valence-corrected chi connectivity index (χ3v) is 4.57. The lowest BCUT2D eigenvalue weighted by molar-refractivity contribution is -0.141. The van der Waals surface area contributed by atoms with E-state index in [0.717, 1.165) is 12.8 Å². The van der Waals surface area contributed by atoms with Crippen LogP contribution >= 0.6 is 0 Å². The van der Waals surface area contributed by atoms with Gasteiger partial charge in [-0.1, -0.05) is 43.6 Å². The standard InChI is InChI=1S/C20H28F3N5/c1-2-12-25-26-14-7-6-13-24-18(11-10-16-8-4-3-5-9-16)17-15-27-28-19(17)20(21,22)23/h2,6,10-11,13-16,18,24-25H,1,3-5,7-9,12H2,(H,27,28)/b11-10+,13-6+,26-14-. The molecule has 1 aromatic rings. The van der Waals surface area contributed by atoms with Crippen molar-refractivity contribution in [3.63, 3.8) is 0 Å². The van der Waals surface area contributed by atoms with Gasteiger partial charge in [-0.15, -0.1) is 6.58 Å². The zero-order chi connectivity index (χ0) is 20.2. The van der Waals surface area contributed by atoms with Crippen molar-refractivity contribution in [3.05, 3.63) is 54.5 Å². The van der Waals surface area contributed by atoms with E-state index in [-0.39, 0.29) is 5.56 Å². The summed E-state index contributed by atoms with van der Waals surface area (Å²) in [5.41, 5.74) is 2.06. The number of nitrogens with zero attached hydrogens (tertiary/aromatic N) is 2. The number of hydrogen-bond donors (Lipinski definition) is 3. The van der Waals surface area contributed by atoms with E-state index in [1.54, 1.807) is 24.6 Å². The van der Waals surface area contributed by atoms with Crippen LogP contribution in [0.5, 0.6) is 0 Å². The summed E-state index contributed by atoms with van der Waals surface area (Å²) >= 11 is 0. The lowest BCUT2D eigenvalue weighted by Crippen LogP contribution is -2.18. The minimum absolute atomic E-state index is 0.0885. The number of halogens is 3. The molecule has 28 heavy (non-hydrogen) atoms. The van der Waals surface area contributed by atoms with Gasteiger partial charge in [0.15, 0.2) is 0 Å². The summed E-state index contributed by atoms with van der Waals surface area (Å²) in [5, 5.41) is 12.7. The molecule has 0 aromatic carbocycles. The largest absolute Gasteiger partial charge is 0.433 e. The topological polar surface area (TPSA) is 65.1 Å². The molecule has 3 N–H and O–H groups in total. The van der Waals surface area contributed by atoms with E-state index < -0.39 is 17.9 Å². The zero-order valence-electron chi connectivity index (χ0n) is 15.9. The number of rotatable bonds is 10. The van der Waals surface area contributed by atoms with Crippen LogP contribution in [-0.4, -0.2) is 23.0 Å². The van der Waals surface area contributed by atoms with Crippen LogP contribution in [-0.2, 0) is 6.18 Å². The zero-order valence-corrected chi connectivity index (χ0v) is 15.9. The lowest BCUT2D eigenvalue weighted by atomic mass is 9.88. The van der Waals surface area contributed by atoms with Crippen molar-refractivity contribution >= 4 is 6.21 Å². The highest BCUT2D eigenvalue weighted by Crippen LogP contribution is 2.34. The Balaban J connectivity index is 2.04. The third-order valence-electron chi connectivity index (χ3n) is 4.57. The molecule has 8 heteroatoms. The number of H-pyrrole nitrogens is 1. The first-order chi connectivity index (χ1) is 13.5. The molecule has 1 aliphatic rings. The van der Waals surface area contributed by atoms with Crippen molar-refractivity contribution in [2.24, 2.45) is 11.0 Å². The summed E-state index contributed by atoms with van der Waals surface area (Å²) in [5.74, 6) is 0.423. The van der Waals surface area contributed by atoms with Crippen LogP contribution in [0.15, 0.2) is 48.4 Å². The second-order valence-corrected chi connectivity index (χ2v) is 6.73. The first-order valence-corrected chi connectivity index (χ1v) is 9.57. The Bertz CT molecular complexity index is 670. The van der Waals surface area contributed by atoms with Crippen LogP contribution in [0.1, 0.15) is 55.8 Å². The second kappa shape index (κ2) is 11.4. The number of aromatic amines is 1. The SMILES string of the molecule is C=CCN/N=C\C/C=C/NC(/C=C/C1CCCCC1)c1cn[nH]c1C(F)(F)F. The fourth-order valence-corrected chi connectivity index (χ4v) is 3.14. The van der Waals surface area contributed by atoms with E-state index in [1.807, 2.05) is 12.2 Å². The Hall–Kier alpha value is -2.51. The van der Waals surface area contributed by atoms with Crippen molar-refractivity contribution in [3.8, 4) is 0 Å². The molecule has 2 rings (SSSR count). The summed E-state index contributed by atoms with van der Waals surface area (Å²) in [7, 11) is 0. The Morgan fingerprint density at radius 3 is 2.82 bits per heavy atom. The fraction of sp³-hybridized carbons (Fsp3) is 0.500. The molecule has 0 bridgehead atoms. The molecule has 0 spiro atoms. The maximum Gasteiger partial charge on any atom is 0.433 e. The molecule has 154 valence electrons. The monoisotopic (exact) mass is 395 g/mol. The summed E-state index contributed by atoms with van der Waals surface area (Å²) in [6.07, 6.45) is 13.8. The Labute approximate surface area is 163 Å². The molecule has 1 aliphatic carbocycles. The van der Waals surface area contributed by atoms with Crippen molar-refractivity contribution in [1.82, 2.24) is 20.9 Å². The fourth-order valence-electron chi connectivity index (χ4n) is 3.14. The van der Waals surface area contributed by atoms with Crippen LogP contribution in [0.3, 0.4) is 0 Å². The van der Waals surface area contributed by atoms with Gasteiger partial charge in [0.1, 0.15) is 5.69 Å². The van der Waals surface area contributed by atoms with Gasteiger partial charge in [-0.05, 0) is 25.0 Å². The predicted octanol–water partition coefficient (Wildman–Crippen LogP) is 4.86. The molecule has 1 aromatic heterocycles. The first-order valence-electron chi connectivity index (χ1n) is 9.57. The molecular weight excluding hydrogens is 367 g/mol. The molecule has 1 unspecified atom stereocenters. The highest BCUT2D eigenvalue weighted by Gasteiger charge is 2.37. The van der Waals surface area contributed by atoms with Gasteiger partial charge in [0, 0.05) is 18.2 Å². The van der Waals surface area contributed by atoms with Crippen LogP contribution < -0.4 is 10.7 Å². The van der Waals surface area contributed by atoms with Crippen LogP contribution in [0.4, 0.5) is 13.2 Å². The van der Waals surface area contributed by atoms with Gasteiger partial charge in [0.2, 0.25) is 0 Å². The summed E-state index contributed by atoms with van der Waals surface area (Å²) < 4.78 is 39.8. The van der Waals surface area contributed by atoms with Gasteiger partial charge in [0.25, 0.3) is 0 Å². The molecule has 0 radical (unpaired) electrons. The Morgan fingerprint density at radius 2 is 2.11 bits per heavy atom. The summed E-state index contributed by atoms with van der Waals surface area (Å²) in [6.45, 7) is 4.15. The molecule has 1 saturated carbocycles. The van der Waals surface area contributed by atoms with Gasteiger partial charge in [-0.3, -0.25) is 5.10 Å². The lowest BCUT2D eigenvalue weighted by Gasteiger charge is -2.20. The van der Waals surface area contributed by atoms with Crippen LogP contribution in [0.25, 0.3) is 0 Å². The molecule has 0 aliphatic heterocycles. The van der Waals surface area contributed by atoms with E-state index in [0.29, 0.717) is 18.9 Å². The quantitative estimate of drug-likeness (QED) is 0.229. The molecule has 1 fully saturated rings. The number of nitrogens with one attached hydrogen (secondary N) is 3. The minimum atomic E-state index is -4.47. The number of allylic oxidation sites excluding steroid dienone is 2. The van der Waals surface area contributed by atoms with E-state index in [4.69, 9.17) is 0 Å². The van der Waals surface area contributed by atoms with Gasteiger partial charge < -0.3 is 10.7 Å². The average molecular weight is 395 g/mol. The smallest absolute Gasteiger partial charge is 0.381 e. The number of aromatic nitrogens is 2. The summed E-state index contributed by atoms with van der Waals surface area (Å²) in [4.78, 5) is 0. The highest BCUT2D eigenvalue weighted by atomic mass is 19.4. The molecule has 0 amide bonds. The number of alkyl halides is 3. The molecule has 5 nitrogen and oxygen atoms in total. The van der Waals surface area contributed by atoms with Crippen molar-refractivity contribution in [2.75, 3.05) is 6.54 Å². The summed E-state index contributed by atoms with van der Waals surface area (Å²) in [6, 6.07) is -0.607. The van der Waals surface area contributed by atoms with Gasteiger partial charge in [-0.2, -0.15) is 23.4 Å². The number of hydrogen-bond acceptors (Lipinski definition) is 4. The Morgan fingerprint density at radius 1 is 1.32 bits per heavy atom. The van der Waals surface area contributed by atoms with Gasteiger partial charge >= 0.3 is 6.18 Å². The van der Waals surface area contributed by atoms with E-state index in [9.17, 15) is 13.2 Å². The van der Waals surface area contributed by atoms with Gasteiger partial charge in [0.05, 0.1) is 18.8 Å². The highest BCUT2D eigenvalue weighted by molar-refractivity contribution is 5.58. The molecular formula is C20H28F3N5. The molecule has 0 saturated heterocycles.